The minimum absolute atomic E-state index is 0.123. The average molecular weight is 374 g/mol. The first kappa shape index (κ1) is 17.7. The first-order chi connectivity index (χ1) is 13.6. The summed E-state index contributed by atoms with van der Waals surface area (Å²) in [6.45, 7) is 1.97. The highest BCUT2D eigenvalue weighted by Gasteiger charge is 2.09. The molecular weight excluding hydrogens is 355 g/mol. The van der Waals surface area contributed by atoms with Gasteiger partial charge in [-0.25, -0.2) is 14.1 Å². The van der Waals surface area contributed by atoms with E-state index in [2.05, 4.69) is 10.1 Å². The van der Waals surface area contributed by atoms with Crippen LogP contribution in [0.4, 0.5) is 10.3 Å². The number of anilines is 1. The Labute approximate surface area is 161 Å². The van der Waals surface area contributed by atoms with Crippen LogP contribution in [0.1, 0.15) is 16.8 Å². The number of fused-ring (bicyclic) bond motifs is 1. The van der Waals surface area contributed by atoms with Crippen LogP contribution < -0.4 is 10.5 Å². The molecular formula is C22H19FN4O. The van der Waals surface area contributed by atoms with Crippen LogP contribution in [-0.4, -0.2) is 15.9 Å². The van der Waals surface area contributed by atoms with Gasteiger partial charge >= 0.3 is 0 Å². The molecule has 0 bridgehead atoms. The van der Waals surface area contributed by atoms with Crippen LogP contribution in [0.2, 0.25) is 0 Å². The van der Waals surface area contributed by atoms with Crippen molar-refractivity contribution in [3.63, 3.8) is 0 Å². The maximum Gasteiger partial charge on any atom is 0.221 e. The van der Waals surface area contributed by atoms with E-state index in [4.69, 9.17) is 10.5 Å². The molecule has 0 atom stereocenters. The zero-order valence-corrected chi connectivity index (χ0v) is 15.3. The topological polar surface area (TPSA) is 65.4 Å². The van der Waals surface area contributed by atoms with Gasteiger partial charge in [0.05, 0.1) is 18.1 Å². The Kier molecular flexibility index (Phi) is 4.76. The van der Waals surface area contributed by atoms with Crippen LogP contribution >= 0.6 is 0 Å². The number of aryl methyl sites for hydroxylation is 1. The lowest BCUT2D eigenvalue weighted by molar-refractivity contribution is 0.300. The number of aromatic nitrogens is 2. The van der Waals surface area contributed by atoms with E-state index in [0.29, 0.717) is 17.3 Å². The van der Waals surface area contributed by atoms with Crippen molar-refractivity contribution in [3.8, 4) is 5.75 Å². The number of imidazole rings is 1. The highest BCUT2D eigenvalue weighted by atomic mass is 19.1. The van der Waals surface area contributed by atoms with Crippen molar-refractivity contribution in [2.75, 3.05) is 5.73 Å². The number of hydrogen-bond acceptors (Lipinski definition) is 4. The van der Waals surface area contributed by atoms with Crippen LogP contribution in [0, 0.1) is 12.7 Å². The van der Waals surface area contributed by atoms with Gasteiger partial charge in [-0.2, -0.15) is 5.10 Å². The van der Waals surface area contributed by atoms with E-state index in [1.54, 1.807) is 30.6 Å². The lowest BCUT2D eigenvalue weighted by Crippen LogP contribution is -2.02. The van der Waals surface area contributed by atoms with Crippen molar-refractivity contribution in [1.82, 2.24) is 9.66 Å². The summed E-state index contributed by atoms with van der Waals surface area (Å²) in [4.78, 5) is 4.15. The van der Waals surface area contributed by atoms with E-state index >= 15 is 0 Å². The molecule has 0 saturated heterocycles. The first-order valence-electron chi connectivity index (χ1n) is 8.85. The Morgan fingerprint density at radius 1 is 1.11 bits per heavy atom. The molecule has 0 fully saturated rings. The second-order valence-corrected chi connectivity index (χ2v) is 6.41. The van der Waals surface area contributed by atoms with Crippen LogP contribution in [0.3, 0.4) is 0 Å². The molecule has 5 nitrogen and oxygen atoms in total. The fraction of sp³-hybridized carbons (Fsp3) is 0.0909. The second-order valence-electron chi connectivity index (χ2n) is 6.41. The molecule has 3 aromatic carbocycles. The first-order valence-corrected chi connectivity index (χ1v) is 8.85. The summed E-state index contributed by atoms with van der Waals surface area (Å²) < 4.78 is 21.4. The highest BCUT2D eigenvalue weighted by molar-refractivity contribution is 6.02. The lowest BCUT2D eigenvalue weighted by atomic mass is 10.0. The number of nitrogens with two attached hydrogens (primary N) is 1. The van der Waals surface area contributed by atoms with Gasteiger partial charge in [-0.05, 0) is 29.8 Å². The summed E-state index contributed by atoms with van der Waals surface area (Å²) in [6.07, 6.45) is 3.44. The number of rotatable bonds is 5. The third-order valence-corrected chi connectivity index (χ3v) is 4.42. The van der Waals surface area contributed by atoms with Crippen molar-refractivity contribution >= 4 is 22.9 Å². The zero-order chi connectivity index (χ0) is 19.5. The SMILES string of the molecule is Cc1cn(N=Cc2c(OCc3ccccc3F)ccc3ccccc23)c(N)n1. The number of nitrogen functional groups attached to an aromatic ring is 1. The quantitative estimate of drug-likeness (QED) is 0.522. The summed E-state index contributed by atoms with van der Waals surface area (Å²) >= 11 is 0. The van der Waals surface area contributed by atoms with Gasteiger partial charge in [0, 0.05) is 11.1 Å². The molecule has 0 radical (unpaired) electrons. The molecule has 4 aromatic rings. The van der Waals surface area contributed by atoms with Crippen LogP contribution in [0.5, 0.6) is 5.75 Å². The Balaban J connectivity index is 1.72. The summed E-state index contributed by atoms with van der Waals surface area (Å²) in [5.41, 5.74) is 7.94. The Hall–Kier alpha value is -3.67. The summed E-state index contributed by atoms with van der Waals surface area (Å²) in [6, 6.07) is 18.4. The molecule has 1 aromatic heterocycles. The molecule has 0 aliphatic heterocycles. The normalized spacial score (nSPS) is 11.4. The molecule has 0 spiro atoms. The van der Waals surface area contributed by atoms with Gasteiger partial charge in [-0.1, -0.05) is 48.5 Å². The molecule has 2 N–H and O–H groups in total. The van der Waals surface area contributed by atoms with Gasteiger partial charge in [0.2, 0.25) is 5.95 Å². The molecule has 28 heavy (non-hydrogen) atoms. The molecule has 0 saturated carbocycles. The van der Waals surface area contributed by atoms with Gasteiger partial charge in [-0.15, -0.1) is 0 Å². The minimum Gasteiger partial charge on any atom is -0.488 e. The smallest absolute Gasteiger partial charge is 0.221 e. The zero-order valence-electron chi connectivity index (χ0n) is 15.3. The molecule has 1 heterocycles. The maximum atomic E-state index is 13.9. The Morgan fingerprint density at radius 2 is 1.89 bits per heavy atom. The predicted octanol–water partition coefficient (Wildman–Crippen LogP) is 4.53. The van der Waals surface area contributed by atoms with E-state index in [9.17, 15) is 4.39 Å². The fourth-order valence-corrected chi connectivity index (χ4v) is 3.02. The lowest BCUT2D eigenvalue weighted by Gasteiger charge is -2.12. The Morgan fingerprint density at radius 3 is 2.68 bits per heavy atom. The summed E-state index contributed by atoms with van der Waals surface area (Å²) in [5.74, 6) is 0.629. The standard InChI is InChI=1S/C22H19FN4O/c1-15-13-27(22(24)26-15)25-12-19-18-8-4-2-6-16(18)10-11-21(19)28-14-17-7-3-5-9-20(17)23/h2-13H,14H2,1H3,(H2,24,26). The van der Waals surface area contributed by atoms with E-state index in [1.807, 2.05) is 43.3 Å². The van der Waals surface area contributed by atoms with Gasteiger partial charge < -0.3 is 10.5 Å². The number of nitrogens with zero attached hydrogens (tertiary/aromatic N) is 3. The van der Waals surface area contributed by atoms with Crippen molar-refractivity contribution < 1.29 is 9.13 Å². The van der Waals surface area contributed by atoms with Gasteiger partial charge in [0.1, 0.15) is 18.2 Å². The molecule has 0 aliphatic rings. The van der Waals surface area contributed by atoms with Gasteiger partial charge in [0.15, 0.2) is 0 Å². The van der Waals surface area contributed by atoms with Gasteiger partial charge in [0.25, 0.3) is 0 Å². The number of hydrogen-bond donors (Lipinski definition) is 1. The van der Waals surface area contributed by atoms with Crippen LogP contribution in [0.15, 0.2) is 72.0 Å². The van der Waals surface area contributed by atoms with E-state index in [0.717, 1.165) is 22.0 Å². The molecule has 6 heteroatoms. The largest absolute Gasteiger partial charge is 0.488 e. The summed E-state index contributed by atoms with van der Waals surface area (Å²) in [7, 11) is 0. The maximum absolute atomic E-state index is 13.9. The minimum atomic E-state index is -0.292. The van der Waals surface area contributed by atoms with Crippen molar-refractivity contribution in [1.29, 1.82) is 0 Å². The molecule has 0 aliphatic carbocycles. The molecule has 4 rings (SSSR count). The predicted molar refractivity (Wildman–Crippen MR) is 109 cm³/mol. The second kappa shape index (κ2) is 7.52. The van der Waals surface area contributed by atoms with Crippen LogP contribution in [-0.2, 0) is 6.61 Å². The summed E-state index contributed by atoms with van der Waals surface area (Å²) in [5, 5.41) is 6.46. The van der Waals surface area contributed by atoms with E-state index < -0.39 is 0 Å². The third-order valence-electron chi connectivity index (χ3n) is 4.42. The fourth-order valence-electron chi connectivity index (χ4n) is 3.02. The Bertz CT molecular complexity index is 1170. The third kappa shape index (κ3) is 3.57. The van der Waals surface area contributed by atoms with Gasteiger partial charge in [-0.3, -0.25) is 0 Å². The molecule has 0 amide bonds. The highest BCUT2D eigenvalue weighted by Crippen LogP contribution is 2.28. The number of benzene rings is 3. The molecule has 0 unspecified atom stereocenters. The van der Waals surface area contributed by atoms with E-state index in [1.165, 1.54) is 10.7 Å². The van der Waals surface area contributed by atoms with Crippen molar-refractivity contribution in [2.24, 2.45) is 5.10 Å². The number of ether oxygens (including phenoxy) is 1. The number of halogens is 1. The monoisotopic (exact) mass is 374 g/mol. The molecule has 140 valence electrons. The average Bonchev–Trinajstić information content (AvgIpc) is 3.03. The van der Waals surface area contributed by atoms with Crippen molar-refractivity contribution in [2.45, 2.75) is 13.5 Å². The van der Waals surface area contributed by atoms with E-state index in [-0.39, 0.29) is 12.4 Å². The van der Waals surface area contributed by atoms with Crippen LogP contribution in [0.25, 0.3) is 10.8 Å². The van der Waals surface area contributed by atoms with Crippen molar-refractivity contribution in [3.05, 3.63) is 89.5 Å².